The van der Waals surface area contributed by atoms with Crippen LogP contribution in [0.2, 0.25) is 0 Å². The third kappa shape index (κ3) is 5.64. The molecule has 1 aliphatic heterocycles. The van der Waals surface area contributed by atoms with Gasteiger partial charge in [0.25, 0.3) is 0 Å². The van der Waals surface area contributed by atoms with Crippen molar-refractivity contribution in [3.05, 3.63) is 11.8 Å². The molecular weight excluding hydrogens is 240 g/mol. The number of allylic oxidation sites excluding steroid dienone is 1. The van der Waals surface area contributed by atoms with E-state index < -0.39 is 0 Å². The van der Waals surface area contributed by atoms with Gasteiger partial charge in [0.05, 0.1) is 6.61 Å². The molecule has 4 nitrogen and oxygen atoms in total. The highest BCUT2D eigenvalue weighted by molar-refractivity contribution is 5.82. The van der Waals surface area contributed by atoms with Crippen LogP contribution in [0.1, 0.15) is 54.4 Å². The molecular formula is C15H28N2O2. The van der Waals surface area contributed by atoms with Crippen LogP contribution in [0.25, 0.3) is 0 Å². The molecule has 0 radical (unpaired) electrons. The van der Waals surface area contributed by atoms with E-state index in [-0.39, 0.29) is 17.0 Å². The first-order valence-corrected chi connectivity index (χ1v) is 7.04. The molecule has 0 saturated carbocycles. The summed E-state index contributed by atoms with van der Waals surface area (Å²) in [5, 5.41) is 7.08. The maximum atomic E-state index is 11.4. The number of carbonyl (C=O) groups excluding carboxylic acids is 1. The molecule has 1 heterocycles. The number of esters is 1. The van der Waals surface area contributed by atoms with E-state index in [1.807, 2.05) is 13.8 Å². The summed E-state index contributed by atoms with van der Waals surface area (Å²) in [4.78, 5) is 11.4. The Morgan fingerprint density at radius 2 is 1.84 bits per heavy atom. The summed E-state index contributed by atoms with van der Waals surface area (Å²) in [5.74, 6) is -0.278. The number of hydrogen-bond donors (Lipinski definition) is 2. The lowest BCUT2D eigenvalue weighted by atomic mass is 9.79. The molecule has 0 aromatic rings. The average Bonchev–Trinajstić information content (AvgIpc) is 2.10. The molecule has 1 aliphatic rings. The van der Waals surface area contributed by atoms with Crippen LogP contribution in [-0.4, -0.2) is 29.7 Å². The first kappa shape index (κ1) is 16.0. The zero-order chi connectivity index (χ0) is 14.7. The normalized spacial score (nSPS) is 22.9. The highest BCUT2D eigenvalue weighted by Gasteiger charge is 2.37. The molecule has 0 bridgehead atoms. The van der Waals surface area contributed by atoms with Crippen LogP contribution in [0.4, 0.5) is 0 Å². The van der Waals surface area contributed by atoms with Crippen molar-refractivity contribution in [1.82, 2.24) is 10.6 Å². The van der Waals surface area contributed by atoms with E-state index in [1.54, 1.807) is 0 Å². The van der Waals surface area contributed by atoms with Crippen LogP contribution >= 0.6 is 0 Å². The van der Waals surface area contributed by atoms with Crippen molar-refractivity contribution in [2.24, 2.45) is 0 Å². The van der Waals surface area contributed by atoms with E-state index in [2.05, 4.69) is 38.3 Å². The monoisotopic (exact) mass is 268 g/mol. The van der Waals surface area contributed by atoms with Crippen molar-refractivity contribution in [3.63, 3.8) is 0 Å². The maximum absolute atomic E-state index is 11.4. The number of hydrogen-bond acceptors (Lipinski definition) is 4. The van der Waals surface area contributed by atoms with Gasteiger partial charge in [-0.3, -0.25) is 0 Å². The van der Waals surface area contributed by atoms with E-state index in [1.165, 1.54) is 6.08 Å². The van der Waals surface area contributed by atoms with Gasteiger partial charge in [-0.25, -0.2) is 4.79 Å². The molecule has 0 aromatic heterocycles. The fourth-order valence-electron chi connectivity index (χ4n) is 3.15. The van der Waals surface area contributed by atoms with Crippen LogP contribution in [0.15, 0.2) is 11.8 Å². The molecule has 0 unspecified atom stereocenters. The lowest BCUT2D eigenvalue weighted by molar-refractivity contribution is -0.137. The zero-order valence-electron chi connectivity index (χ0n) is 13.1. The maximum Gasteiger partial charge on any atom is 0.332 e. The van der Waals surface area contributed by atoms with Crippen molar-refractivity contribution in [1.29, 1.82) is 0 Å². The second-order valence-electron chi connectivity index (χ2n) is 6.72. The van der Waals surface area contributed by atoms with Gasteiger partial charge >= 0.3 is 5.97 Å². The topological polar surface area (TPSA) is 50.4 Å². The Bertz CT molecular complexity index is 343. The summed E-state index contributed by atoms with van der Waals surface area (Å²) < 4.78 is 4.92. The predicted octanol–water partition coefficient (Wildman–Crippen LogP) is 2.35. The van der Waals surface area contributed by atoms with Crippen molar-refractivity contribution in [3.8, 4) is 0 Å². The fraction of sp³-hybridized carbons (Fsp3) is 0.800. The van der Waals surface area contributed by atoms with E-state index in [4.69, 9.17) is 4.74 Å². The lowest BCUT2D eigenvalue weighted by Gasteiger charge is -2.47. The third-order valence-corrected chi connectivity index (χ3v) is 3.24. The van der Waals surface area contributed by atoms with Gasteiger partial charge in [-0.15, -0.1) is 0 Å². The Kier molecular flexibility index (Phi) is 5.02. The molecule has 1 saturated heterocycles. The minimum Gasteiger partial charge on any atom is -0.463 e. The Labute approximate surface area is 117 Å². The smallest absolute Gasteiger partial charge is 0.332 e. The predicted molar refractivity (Wildman–Crippen MR) is 77.8 cm³/mol. The molecule has 0 aliphatic carbocycles. The van der Waals surface area contributed by atoms with Crippen molar-refractivity contribution >= 4 is 5.97 Å². The molecule has 4 heteroatoms. The summed E-state index contributed by atoms with van der Waals surface area (Å²) in [5.41, 5.74) is 1.07. The van der Waals surface area contributed by atoms with Crippen molar-refractivity contribution < 1.29 is 9.53 Å². The second kappa shape index (κ2) is 5.95. The quantitative estimate of drug-likeness (QED) is 0.607. The number of ether oxygens (including phenoxy) is 1. The highest BCUT2D eigenvalue weighted by Crippen LogP contribution is 2.28. The number of piperidine rings is 1. The number of nitrogens with one attached hydrogen (secondary N) is 2. The van der Waals surface area contributed by atoms with Crippen LogP contribution in [0, 0.1) is 0 Å². The SMILES string of the molecule is CCOC(=O)/C=C(\C)NC1CC(C)(C)NC(C)(C)C1. The van der Waals surface area contributed by atoms with Gasteiger partial charge in [-0.05, 0) is 54.4 Å². The molecule has 0 aromatic carbocycles. The minimum atomic E-state index is -0.278. The summed E-state index contributed by atoms with van der Waals surface area (Å²) in [6.45, 7) is 13.0. The van der Waals surface area contributed by atoms with E-state index >= 15 is 0 Å². The zero-order valence-corrected chi connectivity index (χ0v) is 13.1. The van der Waals surface area contributed by atoms with Crippen molar-refractivity contribution in [2.45, 2.75) is 71.5 Å². The molecule has 2 N–H and O–H groups in total. The second-order valence-corrected chi connectivity index (χ2v) is 6.72. The Hall–Kier alpha value is -1.03. The van der Waals surface area contributed by atoms with Gasteiger partial charge in [0.2, 0.25) is 0 Å². The standard InChI is InChI=1S/C15H28N2O2/c1-7-19-13(18)8-11(2)16-12-9-14(3,4)17-15(5,6)10-12/h8,12,16-17H,7,9-10H2,1-6H3/b11-8+. The summed E-state index contributed by atoms with van der Waals surface area (Å²) >= 11 is 0. The molecule has 110 valence electrons. The number of rotatable bonds is 4. The first-order chi connectivity index (χ1) is 8.63. The molecule has 1 fully saturated rings. The highest BCUT2D eigenvalue weighted by atomic mass is 16.5. The van der Waals surface area contributed by atoms with Gasteiger partial charge in [0.1, 0.15) is 0 Å². The van der Waals surface area contributed by atoms with E-state index in [9.17, 15) is 4.79 Å². The first-order valence-electron chi connectivity index (χ1n) is 7.04. The molecule has 0 amide bonds. The van der Waals surface area contributed by atoms with Crippen LogP contribution < -0.4 is 10.6 Å². The summed E-state index contributed by atoms with van der Waals surface area (Å²) in [6, 6.07) is 0.372. The number of carbonyl (C=O) groups is 1. The van der Waals surface area contributed by atoms with E-state index in [0.29, 0.717) is 12.6 Å². The Balaban J connectivity index is 2.63. The van der Waals surface area contributed by atoms with Gasteiger partial charge in [0, 0.05) is 28.9 Å². The van der Waals surface area contributed by atoms with Gasteiger partial charge in [0.15, 0.2) is 0 Å². The molecule has 19 heavy (non-hydrogen) atoms. The molecule has 0 atom stereocenters. The van der Waals surface area contributed by atoms with Gasteiger partial charge in [-0.1, -0.05) is 0 Å². The molecule has 1 rings (SSSR count). The minimum absolute atomic E-state index is 0.101. The van der Waals surface area contributed by atoms with Crippen molar-refractivity contribution in [2.75, 3.05) is 6.61 Å². The molecule has 0 spiro atoms. The summed E-state index contributed by atoms with van der Waals surface area (Å²) in [6.07, 6.45) is 3.60. The fourth-order valence-corrected chi connectivity index (χ4v) is 3.15. The largest absolute Gasteiger partial charge is 0.463 e. The Morgan fingerprint density at radius 1 is 1.32 bits per heavy atom. The van der Waals surface area contributed by atoms with Gasteiger partial charge < -0.3 is 15.4 Å². The average molecular weight is 268 g/mol. The van der Waals surface area contributed by atoms with Gasteiger partial charge in [-0.2, -0.15) is 0 Å². The Morgan fingerprint density at radius 3 is 2.32 bits per heavy atom. The van der Waals surface area contributed by atoms with Crippen LogP contribution in [0.3, 0.4) is 0 Å². The lowest BCUT2D eigenvalue weighted by Crippen LogP contribution is -2.61. The van der Waals surface area contributed by atoms with Crippen LogP contribution in [0.5, 0.6) is 0 Å². The van der Waals surface area contributed by atoms with Crippen LogP contribution in [-0.2, 0) is 9.53 Å². The summed E-state index contributed by atoms with van der Waals surface area (Å²) in [7, 11) is 0. The third-order valence-electron chi connectivity index (χ3n) is 3.24. The van der Waals surface area contributed by atoms with E-state index in [0.717, 1.165) is 18.5 Å².